The largest absolute Gasteiger partial charge is 0.322 e. The molecule has 39 heavy (non-hydrogen) atoms. The zero-order chi connectivity index (χ0) is 27.1. The molecule has 0 spiro atoms. The highest BCUT2D eigenvalue weighted by atomic mass is 16.2. The van der Waals surface area contributed by atoms with Crippen molar-refractivity contribution < 1.29 is 14.4 Å². The Morgan fingerprint density at radius 3 is 1.97 bits per heavy atom. The van der Waals surface area contributed by atoms with E-state index >= 15 is 0 Å². The van der Waals surface area contributed by atoms with E-state index in [1.54, 1.807) is 24.3 Å². The molecule has 4 aliphatic rings. The van der Waals surface area contributed by atoms with E-state index in [4.69, 9.17) is 0 Å². The van der Waals surface area contributed by atoms with Gasteiger partial charge in [-0.3, -0.25) is 14.4 Å². The number of benzene rings is 4. The van der Waals surface area contributed by atoms with E-state index in [-0.39, 0.29) is 29.6 Å². The number of aryl methyl sites for hydroxylation is 1. The van der Waals surface area contributed by atoms with Crippen molar-refractivity contribution in [2.45, 2.75) is 32.6 Å². The van der Waals surface area contributed by atoms with Crippen molar-refractivity contribution in [3.8, 4) is 0 Å². The molecule has 0 unspecified atom stereocenters. The number of carbonyl (C=O) groups is 3. The van der Waals surface area contributed by atoms with E-state index in [0.29, 0.717) is 11.3 Å². The molecule has 3 aliphatic carbocycles. The number of amides is 3. The van der Waals surface area contributed by atoms with Crippen LogP contribution in [-0.4, -0.2) is 17.7 Å². The Labute approximate surface area is 227 Å². The molecule has 5 nitrogen and oxygen atoms in total. The molecule has 0 radical (unpaired) electrons. The normalized spacial score (nSPS) is 24.3. The number of carbonyl (C=O) groups excluding carboxylic acids is 3. The molecule has 1 aliphatic heterocycles. The Hall–Kier alpha value is -4.51. The number of imide groups is 1. The van der Waals surface area contributed by atoms with Gasteiger partial charge in [-0.1, -0.05) is 60.7 Å². The zero-order valence-electron chi connectivity index (χ0n) is 22.1. The highest BCUT2D eigenvalue weighted by molar-refractivity contribution is 6.25. The number of rotatable bonds is 3. The second-order valence-corrected chi connectivity index (χ2v) is 11.2. The molecule has 0 aromatic heterocycles. The minimum Gasteiger partial charge on any atom is -0.322 e. The van der Waals surface area contributed by atoms with Crippen LogP contribution in [-0.2, 0) is 9.59 Å². The van der Waals surface area contributed by atoms with E-state index in [1.807, 2.05) is 63.2 Å². The van der Waals surface area contributed by atoms with Gasteiger partial charge in [-0.2, -0.15) is 0 Å². The Kier molecular flexibility index (Phi) is 4.99. The van der Waals surface area contributed by atoms with Gasteiger partial charge in [0.1, 0.15) is 0 Å². The van der Waals surface area contributed by atoms with Crippen molar-refractivity contribution >= 4 is 29.1 Å². The van der Waals surface area contributed by atoms with Gasteiger partial charge in [0, 0.05) is 23.1 Å². The molecule has 8 rings (SSSR count). The van der Waals surface area contributed by atoms with Gasteiger partial charge in [-0.25, -0.2) is 4.90 Å². The van der Waals surface area contributed by atoms with Gasteiger partial charge >= 0.3 is 0 Å². The predicted molar refractivity (Wildman–Crippen MR) is 151 cm³/mol. The topological polar surface area (TPSA) is 66.5 Å². The maximum Gasteiger partial charge on any atom is 0.255 e. The summed E-state index contributed by atoms with van der Waals surface area (Å²) < 4.78 is 0. The fraction of sp³-hybridized carbons (Fsp3) is 0.206. The summed E-state index contributed by atoms with van der Waals surface area (Å²) in [4.78, 5) is 42.7. The van der Waals surface area contributed by atoms with Gasteiger partial charge in [0.2, 0.25) is 11.8 Å². The highest BCUT2D eigenvalue weighted by Gasteiger charge is 2.68. The van der Waals surface area contributed by atoms with Crippen molar-refractivity contribution in [1.29, 1.82) is 0 Å². The van der Waals surface area contributed by atoms with Gasteiger partial charge in [-0.15, -0.1) is 0 Å². The Morgan fingerprint density at radius 2 is 1.36 bits per heavy atom. The standard InChI is InChI=1S/C34H28N2O3/c1-19-9-8-14-27(20(19)2)35-31(37)21-15-17-22(18-16-21)36-32(38)30-28-23-10-4-6-12-25(23)29(34(30,3)33(36)39)26-13-7-5-11-24(26)28/h4-18,28-30H,1-3H3,(H,35,37)/t28?,29?,30-,34-/m1/s1. The summed E-state index contributed by atoms with van der Waals surface area (Å²) in [7, 11) is 0. The summed E-state index contributed by atoms with van der Waals surface area (Å²) in [5.74, 6) is -1.43. The zero-order valence-corrected chi connectivity index (χ0v) is 22.1. The third-order valence-corrected chi connectivity index (χ3v) is 9.25. The number of anilines is 2. The van der Waals surface area contributed by atoms with Gasteiger partial charge in [0.05, 0.1) is 17.0 Å². The van der Waals surface area contributed by atoms with Crippen molar-refractivity contribution in [3.63, 3.8) is 0 Å². The SMILES string of the molecule is Cc1cccc(NC(=O)c2ccc(N3C(=O)[C@H]4C5c6ccccc6C(c6ccccc65)[C@@]4(C)C3=O)cc2)c1C. The van der Waals surface area contributed by atoms with Crippen LogP contribution in [0.25, 0.3) is 0 Å². The van der Waals surface area contributed by atoms with E-state index in [0.717, 1.165) is 39.1 Å². The molecule has 192 valence electrons. The fourth-order valence-electron chi connectivity index (χ4n) is 7.20. The fourth-order valence-corrected chi connectivity index (χ4v) is 7.20. The highest BCUT2D eigenvalue weighted by Crippen LogP contribution is 2.67. The lowest BCUT2D eigenvalue weighted by atomic mass is 9.48. The maximum absolute atomic E-state index is 14.2. The predicted octanol–water partition coefficient (Wildman–Crippen LogP) is 6.34. The molecule has 4 aromatic rings. The lowest BCUT2D eigenvalue weighted by Crippen LogP contribution is -2.49. The van der Waals surface area contributed by atoms with Crippen LogP contribution >= 0.6 is 0 Å². The Balaban J connectivity index is 1.24. The van der Waals surface area contributed by atoms with Crippen molar-refractivity contribution in [3.05, 3.63) is 130 Å². The summed E-state index contributed by atoms with van der Waals surface area (Å²) in [6, 6.07) is 29.0. The van der Waals surface area contributed by atoms with Gasteiger partial charge in [0.25, 0.3) is 5.91 Å². The smallest absolute Gasteiger partial charge is 0.255 e. The number of nitrogens with zero attached hydrogens (tertiary/aromatic N) is 1. The molecule has 0 saturated carbocycles. The van der Waals surface area contributed by atoms with Crippen LogP contribution < -0.4 is 10.2 Å². The van der Waals surface area contributed by atoms with Crippen molar-refractivity contribution in [2.75, 3.05) is 10.2 Å². The van der Waals surface area contributed by atoms with Crippen molar-refractivity contribution in [1.82, 2.24) is 0 Å². The number of nitrogens with one attached hydrogen (secondary N) is 1. The summed E-state index contributed by atoms with van der Waals surface area (Å²) in [5, 5.41) is 2.97. The van der Waals surface area contributed by atoms with Crippen LogP contribution in [0.2, 0.25) is 0 Å². The Morgan fingerprint density at radius 1 is 0.769 bits per heavy atom. The summed E-state index contributed by atoms with van der Waals surface area (Å²) in [5.41, 5.74) is 7.52. The molecule has 2 bridgehead atoms. The van der Waals surface area contributed by atoms with Crippen LogP contribution in [0.1, 0.15) is 62.5 Å². The molecule has 1 fully saturated rings. The Bertz CT molecular complexity index is 1660. The van der Waals surface area contributed by atoms with Crippen LogP contribution in [0.3, 0.4) is 0 Å². The van der Waals surface area contributed by atoms with E-state index in [2.05, 4.69) is 29.6 Å². The molecule has 3 amide bonds. The summed E-state index contributed by atoms with van der Waals surface area (Å²) in [6.07, 6.45) is 0. The van der Waals surface area contributed by atoms with Gasteiger partial charge in [0.15, 0.2) is 0 Å². The first-order valence-electron chi connectivity index (χ1n) is 13.4. The minimum absolute atomic E-state index is 0.170. The molecule has 1 saturated heterocycles. The van der Waals surface area contributed by atoms with Gasteiger partial charge in [-0.05, 0) is 84.5 Å². The number of hydrogen-bond acceptors (Lipinski definition) is 3. The van der Waals surface area contributed by atoms with Crippen LogP contribution in [0.15, 0.2) is 91.0 Å². The molecular weight excluding hydrogens is 484 g/mol. The molecular formula is C34H28N2O3. The quantitative estimate of drug-likeness (QED) is 0.326. The monoisotopic (exact) mass is 512 g/mol. The molecule has 1 N–H and O–H groups in total. The van der Waals surface area contributed by atoms with Crippen molar-refractivity contribution in [2.24, 2.45) is 11.3 Å². The number of hydrogen-bond donors (Lipinski definition) is 1. The third kappa shape index (κ3) is 3.10. The second-order valence-electron chi connectivity index (χ2n) is 11.2. The minimum atomic E-state index is -0.886. The molecule has 1 heterocycles. The van der Waals surface area contributed by atoms with E-state index in [9.17, 15) is 14.4 Å². The summed E-state index contributed by atoms with van der Waals surface area (Å²) in [6.45, 7) is 5.95. The second kappa shape index (κ2) is 8.24. The molecule has 4 aromatic carbocycles. The lowest BCUT2D eigenvalue weighted by molar-refractivity contribution is -0.128. The summed E-state index contributed by atoms with van der Waals surface area (Å²) >= 11 is 0. The van der Waals surface area contributed by atoms with Crippen LogP contribution in [0.4, 0.5) is 11.4 Å². The average Bonchev–Trinajstić information content (AvgIpc) is 3.16. The first kappa shape index (κ1) is 23.6. The molecule has 5 heteroatoms. The van der Waals surface area contributed by atoms with Crippen LogP contribution in [0.5, 0.6) is 0 Å². The average molecular weight is 513 g/mol. The first-order chi connectivity index (χ1) is 18.8. The van der Waals surface area contributed by atoms with E-state index in [1.165, 1.54) is 4.90 Å². The van der Waals surface area contributed by atoms with E-state index < -0.39 is 11.3 Å². The van der Waals surface area contributed by atoms with Crippen LogP contribution in [0, 0.1) is 25.2 Å². The maximum atomic E-state index is 14.2. The first-order valence-corrected chi connectivity index (χ1v) is 13.4. The lowest BCUT2D eigenvalue weighted by Gasteiger charge is -2.51. The van der Waals surface area contributed by atoms with Gasteiger partial charge < -0.3 is 5.32 Å². The molecule has 2 atom stereocenters. The third-order valence-electron chi connectivity index (χ3n) is 9.25.